The number of ether oxygens (including phenoxy) is 1. The zero-order valence-electron chi connectivity index (χ0n) is 29.6. The highest BCUT2D eigenvalue weighted by Crippen LogP contribution is 2.31. The van der Waals surface area contributed by atoms with Gasteiger partial charge in [0.15, 0.2) is 6.10 Å². The number of H-pyrrole nitrogens is 1. The topological polar surface area (TPSA) is 134 Å². The number of aromatic amines is 1. The van der Waals surface area contributed by atoms with Gasteiger partial charge in [0.2, 0.25) is 0 Å². The number of nitrogens with one attached hydrogen (secondary N) is 2. The molecule has 1 unspecified atom stereocenters. The van der Waals surface area contributed by atoms with Crippen LogP contribution in [0.25, 0.3) is 11.0 Å². The zero-order valence-corrected chi connectivity index (χ0v) is 29.6. The Balaban J connectivity index is 1.02. The minimum absolute atomic E-state index is 0.0150. The fraction of sp³-hybridized carbons (Fsp3) is 0.579. The molecular formula is C38H51N7O5. The van der Waals surface area contributed by atoms with Crippen molar-refractivity contribution in [3.63, 3.8) is 0 Å². The Morgan fingerprint density at radius 2 is 1.64 bits per heavy atom. The number of nitrogens with zero attached hydrogens (tertiary/aromatic N) is 5. The number of hydrogen-bond acceptors (Lipinski definition) is 7. The van der Waals surface area contributed by atoms with Gasteiger partial charge in [-0.05, 0) is 87.6 Å². The van der Waals surface area contributed by atoms with Crippen LogP contribution < -0.4 is 5.32 Å². The highest BCUT2D eigenvalue weighted by atomic mass is 16.6. The fourth-order valence-corrected chi connectivity index (χ4v) is 8.34. The first-order valence-corrected chi connectivity index (χ1v) is 18.4. The summed E-state index contributed by atoms with van der Waals surface area (Å²) in [6.45, 7) is 10.3. The molecule has 0 bridgehead atoms. The number of fused-ring (bicyclic) bond motifs is 2. The monoisotopic (exact) mass is 685 g/mol. The molecule has 4 amide bonds. The maximum absolute atomic E-state index is 14.3. The Morgan fingerprint density at radius 3 is 2.38 bits per heavy atom. The largest absolute Gasteiger partial charge is 0.435 e. The predicted molar refractivity (Wildman–Crippen MR) is 191 cm³/mol. The number of urea groups is 1. The maximum Gasteiger partial charge on any atom is 0.410 e. The van der Waals surface area contributed by atoms with Crippen LogP contribution in [0.15, 0.2) is 42.7 Å². The van der Waals surface area contributed by atoms with Crippen molar-refractivity contribution in [2.24, 2.45) is 0 Å². The number of piperidine rings is 3. The molecule has 2 aromatic carbocycles. The van der Waals surface area contributed by atoms with Crippen molar-refractivity contribution in [3.8, 4) is 0 Å². The Labute approximate surface area is 294 Å². The quantitative estimate of drug-likeness (QED) is 0.337. The van der Waals surface area contributed by atoms with Crippen LogP contribution in [0.2, 0.25) is 0 Å². The van der Waals surface area contributed by atoms with E-state index < -0.39 is 17.8 Å². The Kier molecular flexibility index (Phi) is 9.76. The number of benzene rings is 2. The van der Waals surface area contributed by atoms with Crippen molar-refractivity contribution >= 4 is 34.8 Å². The van der Waals surface area contributed by atoms with E-state index in [0.717, 1.165) is 78.6 Å². The second-order valence-corrected chi connectivity index (χ2v) is 15.1. The van der Waals surface area contributed by atoms with E-state index in [4.69, 9.17) is 4.74 Å². The van der Waals surface area contributed by atoms with Crippen LogP contribution in [0.5, 0.6) is 0 Å². The lowest BCUT2D eigenvalue weighted by atomic mass is 9.90. The number of aromatic nitrogens is 2. The van der Waals surface area contributed by atoms with Crippen molar-refractivity contribution in [1.29, 1.82) is 0 Å². The van der Waals surface area contributed by atoms with E-state index in [2.05, 4.69) is 20.2 Å². The van der Waals surface area contributed by atoms with Gasteiger partial charge in [0.05, 0.1) is 23.0 Å². The smallest absolute Gasteiger partial charge is 0.410 e. The molecule has 5 heterocycles. The lowest BCUT2D eigenvalue weighted by Crippen LogP contribution is -2.54. The van der Waals surface area contributed by atoms with Gasteiger partial charge in [-0.25, -0.2) is 14.6 Å². The van der Waals surface area contributed by atoms with Crippen LogP contribution in [-0.4, -0.2) is 122 Å². The van der Waals surface area contributed by atoms with Crippen LogP contribution in [0.1, 0.15) is 75.0 Å². The first kappa shape index (κ1) is 34.3. The molecule has 12 heteroatoms. The standard InChI is InChI=1S/C38H51N7O5/c1-25-22-28(23-32-33(25)40-24-39-32)26(2)34(35(46)43-15-9-29(10-16-43)42-20-13-38(3,49)14-21-42)50-37(48)44-17-11-30(12-18-44)45-19-8-27-6-4-5-7-31(27)41-36(45)47/h4-7,22-24,26,29-30,34,49H,8-21H2,1-3H3,(H,39,40)(H,41,47)/t26-,34?/m1/s1. The number of rotatable bonds is 6. The number of likely N-dealkylation sites (tertiary alicyclic amines) is 3. The molecule has 0 spiro atoms. The molecule has 2 atom stereocenters. The summed E-state index contributed by atoms with van der Waals surface area (Å²) in [6, 6.07) is 12.2. The highest BCUT2D eigenvalue weighted by Gasteiger charge is 2.39. The molecule has 7 rings (SSSR count). The molecule has 0 saturated carbocycles. The molecule has 3 fully saturated rings. The lowest BCUT2D eigenvalue weighted by Gasteiger charge is -2.44. The van der Waals surface area contributed by atoms with E-state index >= 15 is 0 Å². The van der Waals surface area contributed by atoms with Crippen molar-refractivity contribution in [1.82, 2.24) is 29.6 Å². The van der Waals surface area contributed by atoms with E-state index in [1.54, 1.807) is 11.2 Å². The average molecular weight is 686 g/mol. The van der Waals surface area contributed by atoms with Gasteiger partial charge >= 0.3 is 12.1 Å². The lowest BCUT2D eigenvalue weighted by molar-refractivity contribution is -0.144. The summed E-state index contributed by atoms with van der Waals surface area (Å²) in [5.74, 6) is -0.552. The van der Waals surface area contributed by atoms with E-state index in [0.29, 0.717) is 51.6 Å². The molecule has 268 valence electrons. The molecular weight excluding hydrogens is 634 g/mol. The van der Waals surface area contributed by atoms with Gasteiger partial charge in [0.1, 0.15) is 0 Å². The number of aryl methyl sites for hydroxylation is 1. The number of imidazole rings is 1. The number of hydrogen-bond donors (Lipinski definition) is 3. The number of anilines is 1. The Hall–Kier alpha value is -4.16. The molecule has 0 aliphatic carbocycles. The molecule has 4 aliphatic heterocycles. The third-order valence-corrected chi connectivity index (χ3v) is 11.7. The summed E-state index contributed by atoms with van der Waals surface area (Å²) < 4.78 is 6.22. The second kappa shape index (κ2) is 14.2. The third kappa shape index (κ3) is 7.18. The molecule has 1 aromatic heterocycles. The SMILES string of the molecule is Cc1cc([C@@H](C)C(OC(=O)N2CCC(N3CCc4ccccc4NC3=O)CC2)C(=O)N2CCC(N3CCC(C)(O)CC3)CC2)cc2[nH]cnc12. The van der Waals surface area contributed by atoms with E-state index in [9.17, 15) is 19.5 Å². The molecule has 4 aliphatic rings. The summed E-state index contributed by atoms with van der Waals surface area (Å²) in [5, 5.41) is 13.5. The normalized spacial score (nSPS) is 22.1. The fourth-order valence-electron chi connectivity index (χ4n) is 8.34. The number of aliphatic hydroxyl groups is 1. The van der Waals surface area contributed by atoms with Crippen LogP contribution >= 0.6 is 0 Å². The molecule has 3 aromatic rings. The molecule has 3 saturated heterocycles. The summed E-state index contributed by atoms with van der Waals surface area (Å²) in [5.41, 5.74) is 5.06. The first-order valence-electron chi connectivity index (χ1n) is 18.4. The Morgan fingerprint density at radius 1 is 0.960 bits per heavy atom. The summed E-state index contributed by atoms with van der Waals surface area (Å²) in [7, 11) is 0. The van der Waals surface area contributed by atoms with E-state index in [1.807, 2.05) is 67.0 Å². The number of carbonyl (C=O) groups excluding carboxylic acids is 3. The van der Waals surface area contributed by atoms with Gasteiger partial charge in [-0.1, -0.05) is 31.2 Å². The van der Waals surface area contributed by atoms with Crippen molar-refractivity contribution in [2.45, 2.75) is 95.4 Å². The number of carbonyl (C=O) groups is 3. The van der Waals surface area contributed by atoms with Gasteiger partial charge in [0.25, 0.3) is 5.91 Å². The van der Waals surface area contributed by atoms with Gasteiger partial charge in [-0.15, -0.1) is 0 Å². The van der Waals surface area contributed by atoms with Crippen molar-refractivity contribution in [3.05, 3.63) is 59.4 Å². The summed E-state index contributed by atoms with van der Waals surface area (Å²) >= 11 is 0. The van der Waals surface area contributed by atoms with Crippen molar-refractivity contribution < 1.29 is 24.2 Å². The zero-order chi connectivity index (χ0) is 35.0. The molecule has 0 radical (unpaired) electrons. The maximum atomic E-state index is 14.3. The third-order valence-electron chi connectivity index (χ3n) is 11.7. The molecule has 50 heavy (non-hydrogen) atoms. The number of para-hydroxylation sites is 1. The minimum atomic E-state index is -0.989. The van der Waals surface area contributed by atoms with E-state index in [1.165, 1.54) is 0 Å². The van der Waals surface area contributed by atoms with Gasteiger partial charge in [0, 0.05) is 69.5 Å². The minimum Gasteiger partial charge on any atom is -0.435 e. The van der Waals surface area contributed by atoms with Crippen molar-refractivity contribution in [2.75, 3.05) is 51.1 Å². The summed E-state index contributed by atoms with van der Waals surface area (Å²) in [6.07, 6.45) is 5.48. The Bertz CT molecular complexity index is 1700. The van der Waals surface area contributed by atoms with Gasteiger partial charge in [-0.2, -0.15) is 0 Å². The van der Waals surface area contributed by atoms with Crippen LogP contribution in [-0.2, 0) is 16.0 Å². The van der Waals surface area contributed by atoms with Crippen LogP contribution in [0, 0.1) is 6.92 Å². The average Bonchev–Trinajstić information content (AvgIpc) is 3.54. The number of amides is 4. The van der Waals surface area contributed by atoms with Gasteiger partial charge < -0.3 is 39.7 Å². The van der Waals surface area contributed by atoms with E-state index in [-0.39, 0.29) is 23.9 Å². The second-order valence-electron chi connectivity index (χ2n) is 15.1. The van der Waals surface area contributed by atoms with Gasteiger partial charge in [-0.3, -0.25) is 4.79 Å². The predicted octanol–water partition coefficient (Wildman–Crippen LogP) is 4.87. The van der Waals surface area contributed by atoms with Crippen LogP contribution in [0.4, 0.5) is 15.3 Å². The molecule has 3 N–H and O–H groups in total. The highest BCUT2D eigenvalue weighted by molar-refractivity contribution is 5.91. The first-order chi connectivity index (χ1) is 24.1. The molecule has 12 nitrogen and oxygen atoms in total. The van der Waals surface area contributed by atoms with Crippen LogP contribution in [0.3, 0.4) is 0 Å². The summed E-state index contributed by atoms with van der Waals surface area (Å²) in [4.78, 5) is 56.8.